The number of hydrogen-bond acceptors (Lipinski definition) is 7. The number of hydrogen-bond donors (Lipinski definition) is 0. The van der Waals surface area contributed by atoms with Gasteiger partial charge in [-0.15, -0.1) is 11.3 Å². The molecule has 1 unspecified atom stereocenters. The molecule has 170 valence electrons. The Bertz CT molecular complexity index is 1200. The molecule has 0 bridgehead atoms. The number of sulfonamides is 1. The predicted molar refractivity (Wildman–Crippen MR) is 123 cm³/mol. The SMILES string of the molecule is CCN(C(=O)C1CCCN(S(=O)(=O)c2cc(-c3noc(C)n3)sc2C)C1)c1ccccc1. The highest BCUT2D eigenvalue weighted by Crippen LogP contribution is 2.35. The fourth-order valence-electron chi connectivity index (χ4n) is 4.03. The normalized spacial score (nSPS) is 17.4. The number of nitrogens with zero attached hydrogens (tertiary/aromatic N) is 4. The molecule has 2 aromatic heterocycles. The molecular formula is C22H26N4O4S2. The van der Waals surface area contributed by atoms with E-state index in [9.17, 15) is 13.2 Å². The van der Waals surface area contributed by atoms with Gasteiger partial charge in [0.15, 0.2) is 0 Å². The lowest BCUT2D eigenvalue weighted by Crippen LogP contribution is -2.46. The van der Waals surface area contributed by atoms with Crippen molar-refractivity contribution in [3.8, 4) is 10.7 Å². The zero-order valence-electron chi connectivity index (χ0n) is 18.3. The molecule has 1 aliphatic heterocycles. The second kappa shape index (κ2) is 9.13. The minimum atomic E-state index is -3.75. The molecule has 4 rings (SSSR count). The van der Waals surface area contributed by atoms with Crippen LogP contribution in [-0.2, 0) is 14.8 Å². The van der Waals surface area contributed by atoms with E-state index >= 15 is 0 Å². The summed E-state index contributed by atoms with van der Waals surface area (Å²) in [6, 6.07) is 11.1. The van der Waals surface area contributed by atoms with E-state index in [-0.39, 0.29) is 23.3 Å². The predicted octanol–water partition coefficient (Wildman–Crippen LogP) is 3.87. The Hall–Kier alpha value is -2.56. The van der Waals surface area contributed by atoms with Crippen LogP contribution in [0.4, 0.5) is 5.69 Å². The van der Waals surface area contributed by atoms with Gasteiger partial charge in [0.25, 0.3) is 0 Å². The van der Waals surface area contributed by atoms with Crippen molar-refractivity contribution in [3.05, 3.63) is 47.2 Å². The standard InChI is InChI=1S/C22H26N4O4S2/c1-4-26(18-10-6-5-7-11-18)22(27)17-9-8-12-25(14-17)32(28,29)20-13-19(31-15(20)2)21-23-16(3)30-24-21/h5-7,10-11,13,17H,4,8-9,12,14H2,1-3H3. The van der Waals surface area contributed by atoms with Crippen LogP contribution in [0, 0.1) is 19.8 Å². The van der Waals surface area contributed by atoms with Gasteiger partial charge in [0.1, 0.15) is 0 Å². The van der Waals surface area contributed by atoms with Crippen LogP contribution in [0.1, 0.15) is 30.5 Å². The summed E-state index contributed by atoms with van der Waals surface area (Å²) in [4.78, 5) is 20.7. The van der Waals surface area contributed by atoms with Crippen LogP contribution in [0.2, 0.25) is 0 Å². The van der Waals surface area contributed by atoms with Crippen LogP contribution < -0.4 is 4.90 Å². The van der Waals surface area contributed by atoms with E-state index in [1.807, 2.05) is 37.3 Å². The van der Waals surface area contributed by atoms with Crippen molar-refractivity contribution in [3.63, 3.8) is 0 Å². The molecule has 0 spiro atoms. The van der Waals surface area contributed by atoms with E-state index in [0.29, 0.717) is 47.4 Å². The van der Waals surface area contributed by atoms with Crippen LogP contribution in [0.25, 0.3) is 10.7 Å². The number of aromatic nitrogens is 2. The van der Waals surface area contributed by atoms with E-state index in [0.717, 1.165) is 5.69 Å². The van der Waals surface area contributed by atoms with Gasteiger partial charge >= 0.3 is 0 Å². The van der Waals surface area contributed by atoms with Crippen molar-refractivity contribution in [1.82, 2.24) is 14.4 Å². The van der Waals surface area contributed by atoms with Crippen molar-refractivity contribution in [2.24, 2.45) is 5.92 Å². The molecule has 0 saturated carbocycles. The first-order chi connectivity index (χ1) is 15.3. The van der Waals surface area contributed by atoms with Gasteiger partial charge in [-0.25, -0.2) is 8.42 Å². The number of benzene rings is 1. The Balaban J connectivity index is 1.56. The summed E-state index contributed by atoms with van der Waals surface area (Å²) >= 11 is 1.32. The lowest BCUT2D eigenvalue weighted by molar-refractivity contribution is -0.123. The van der Waals surface area contributed by atoms with Crippen molar-refractivity contribution in [2.75, 3.05) is 24.5 Å². The van der Waals surface area contributed by atoms with Gasteiger partial charge in [0.2, 0.25) is 27.6 Å². The van der Waals surface area contributed by atoms with Crippen LogP contribution in [-0.4, -0.2) is 48.4 Å². The minimum absolute atomic E-state index is 0.0383. The summed E-state index contributed by atoms with van der Waals surface area (Å²) in [6.07, 6.45) is 1.31. The summed E-state index contributed by atoms with van der Waals surface area (Å²) in [7, 11) is -3.75. The summed E-state index contributed by atoms with van der Waals surface area (Å²) < 4.78 is 33.4. The fraction of sp³-hybridized carbons (Fsp3) is 0.409. The van der Waals surface area contributed by atoms with Crippen LogP contribution >= 0.6 is 11.3 Å². The summed E-state index contributed by atoms with van der Waals surface area (Å²) in [6.45, 7) is 6.50. The van der Waals surface area contributed by atoms with E-state index in [1.165, 1.54) is 15.6 Å². The molecule has 1 saturated heterocycles. The molecule has 1 aromatic carbocycles. The molecule has 32 heavy (non-hydrogen) atoms. The largest absolute Gasteiger partial charge is 0.339 e. The molecule has 0 radical (unpaired) electrons. The number of thiophene rings is 1. The minimum Gasteiger partial charge on any atom is -0.339 e. The molecule has 10 heteroatoms. The lowest BCUT2D eigenvalue weighted by atomic mass is 9.97. The first-order valence-corrected chi connectivity index (χ1v) is 12.8. The van der Waals surface area contributed by atoms with Crippen molar-refractivity contribution in [2.45, 2.75) is 38.5 Å². The number of para-hydroxylation sites is 1. The zero-order chi connectivity index (χ0) is 22.9. The summed E-state index contributed by atoms with van der Waals surface area (Å²) in [5, 5.41) is 3.89. The average Bonchev–Trinajstić information content (AvgIpc) is 3.41. The summed E-state index contributed by atoms with van der Waals surface area (Å²) in [5.74, 6) is 0.387. The van der Waals surface area contributed by atoms with Gasteiger partial charge in [-0.3, -0.25) is 4.79 Å². The molecule has 1 fully saturated rings. The average molecular weight is 475 g/mol. The Morgan fingerprint density at radius 2 is 2.03 bits per heavy atom. The maximum Gasteiger partial charge on any atom is 0.244 e. The fourth-order valence-corrected chi connectivity index (χ4v) is 7.04. The van der Waals surface area contributed by atoms with E-state index in [4.69, 9.17) is 4.52 Å². The van der Waals surface area contributed by atoms with Crippen molar-refractivity contribution < 1.29 is 17.7 Å². The highest BCUT2D eigenvalue weighted by Gasteiger charge is 2.36. The van der Waals surface area contributed by atoms with Crippen molar-refractivity contribution in [1.29, 1.82) is 0 Å². The number of anilines is 1. The van der Waals surface area contributed by atoms with E-state index < -0.39 is 10.0 Å². The second-order valence-corrected chi connectivity index (χ2v) is 11.0. The number of amides is 1. The Kier molecular flexibility index (Phi) is 6.45. The first-order valence-electron chi connectivity index (χ1n) is 10.6. The highest BCUT2D eigenvalue weighted by atomic mass is 32.2. The van der Waals surface area contributed by atoms with Gasteiger partial charge in [-0.1, -0.05) is 23.4 Å². The maximum absolute atomic E-state index is 13.5. The Morgan fingerprint density at radius 3 is 2.69 bits per heavy atom. The third-order valence-electron chi connectivity index (χ3n) is 5.62. The molecule has 1 atom stereocenters. The monoisotopic (exact) mass is 474 g/mol. The third-order valence-corrected chi connectivity index (χ3v) is 8.79. The van der Waals surface area contributed by atoms with Crippen LogP contribution in [0.5, 0.6) is 0 Å². The third kappa shape index (κ3) is 4.35. The van der Waals surface area contributed by atoms with E-state index in [2.05, 4.69) is 10.1 Å². The lowest BCUT2D eigenvalue weighted by Gasteiger charge is -2.34. The second-order valence-electron chi connectivity index (χ2n) is 7.79. The van der Waals surface area contributed by atoms with Crippen molar-refractivity contribution >= 4 is 33.0 Å². The quantitative estimate of drug-likeness (QED) is 0.538. The van der Waals surface area contributed by atoms with Gasteiger partial charge in [0, 0.05) is 37.1 Å². The highest BCUT2D eigenvalue weighted by molar-refractivity contribution is 7.89. The van der Waals surface area contributed by atoms with Crippen LogP contribution in [0.3, 0.4) is 0 Å². The van der Waals surface area contributed by atoms with Gasteiger partial charge in [-0.2, -0.15) is 9.29 Å². The molecular weight excluding hydrogens is 448 g/mol. The number of carbonyl (C=O) groups is 1. The smallest absolute Gasteiger partial charge is 0.244 e. The number of rotatable bonds is 6. The van der Waals surface area contributed by atoms with Gasteiger partial charge < -0.3 is 9.42 Å². The molecule has 8 nitrogen and oxygen atoms in total. The molecule has 0 aliphatic carbocycles. The first kappa shape index (κ1) is 22.6. The van der Waals surface area contributed by atoms with Gasteiger partial charge in [-0.05, 0) is 44.9 Å². The van der Waals surface area contributed by atoms with Gasteiger partial charge in [0.05, 0.1) is 15.7 Å². The summed E-state index contributed by atoms with van der Waals surface area (Å²) in [5.41, 5.74) is 0.828. The Morgan fingerprint density at radius 1 is 1.28 bits per heavy atom. The topological polar surface area (TPSA) is 96.6 Å². The molecule has 1 amide bonds. The maximum atomic E-state index is 13.5. The number of carbonyl (C=O) groups excluding carboxylic acids is 1. The van der Waals surface area contributed by atoms with E-state index in [1.54, 1.807) is 24.8 Å². The van der Waals surface area contributed by atoms with Crippen LogP contribution in [0.15, 0.2) is 45.8 Å². The number of piperidine rings is 1. The Labute approximate surface area is 191 Å². The molecule has 1 aliphatic rings. The molecule has 3 aromatic rings. The zero-order valence-corrected chi connectivity index (χ0v) is 19.9. The number of aryl methyl sites for hydroxylation is 2. The molecule has 3 heterocycles. The molecule has 0 N–H and O–H groups in total.